The Hall–Kier alpha value is -0.340. The van der Waals surface area contributed by atoms with Crippen molar-refractivity contribution in [2.24, 2.45) is 5.92 Å². The number of hydrogen-bond donors (Lipinski definition) is 0. The normalized spacial score (nSPS) is 34.9. The number of nitrogens with zero attached hydrogens (tertiary/aromatic N) is 1. The average Bonchev–Trinajstić information content (AvgIpc) is 2.75. The van der Waals surface area contributed by atoms with Crippen molar-refractivity contribution in [2.75, 3.05) is 6.54 Å². The third-order valence-corrected chi connectivity index (χ3v) is 5.18. The van der Waals surface area contributed by atoms with Crippen molar-refractivity contribution in [2.45, 2.75) is 30.3 Å². The van der Waals surface area contributed by atoms with Crippen LogP contribution in [0.3, 0.4) is 0 Å². The van der Waals surface area contributed by atoms with E-state index in [1.807, 2.05) is 0 Å². The minimum absolute atomic E-state index is 0.751. The van der Waals surface area contributed by atoms with Gasteiger partial charge < -0.3 is 0 Å². The highest BCUT2D eigenvalue weighted by molar-refractivity contribution is 9.09. The highest BCUT2D eigenvalue weighted by Crippen LogP contribution is 2.42. The van der Waals surface area contributed by atoms with E-state index in [1.54, 1.807) is 0 Å². The first-order valence-corrected chi connectivity index (χ1v) is 6.68. The first kappa shape index (κ1) is 9.86. The molecule has 1 heterocycles. The fraction of sp³-hybridized carbons (Fsp3) is 0.538. The van der Waals surface area contributed by atoms with Gasteiger partial charge >= 0.3 is 0 Å². The van der Waals surface area contributed by atoms with Gasteiger partial charge in [0.25, 0.3) is 0 Å². The van der Waals surface area contributed by atoms with Crippen molar-refractivity contribution in [3.63, 3.8) is 0 Å². The zero-order valence-corrected chi connectivity index (χ0v) is 10.4. The second kappa shape index (κ2) is 3.91. The molecule has 0 spiro atoms. The molecule has 0 N–H and O–H groups in total. The molecule has 2 bridgehead atoms. The van der Waals surface area contributed by atoms with Crippen molar-refractivity contribution in [3.8, 4) is 0 Å². The van der Waals surface area contributed by atoms with Gasteiger partial charge in [-0.3, -0.25) is 4.90 Å². The molecular formula is C13H16BrN. The SMILES string of the molecule is Br[C@@H]1C2CCC1N(Cc1ccccc1)C2. The fourth-order valence-corrected chi connectivity index (χ4v) is 4.06. The lowest BCUT2D eigenvalue weighted by Crippen LogP contribution is -2.32. The molecule has 0 aromatic heterocycles. The van der Waals surface area contributed by atoms with Crippen LogP contribution in [0.15, 0.2) is 30.3 Å². The topological polar surface area (TPSA) is 3.24 Å². The molecular weight excluding hydrogens is 250 g/mol. The summed E-state index contributed by atoms with van der Waals surface area (Å²) >= 11 is 3.84. The van der Waals surface area contributed by atoms with Crippen LogP contribution in [0.5, 0.6) is 0 Å². The molecule has 3 atom stereocenters. The lowest BCUT2D eigenvalue weighted by Gasteiger charge is -2.26. The van der Waals surface area contributed by atoms with Crippen LogP contribution in [0.1, 0.15) is 18.4 Å². The molecule has 1 aromatic rings. The summed E-state index contributed by atoms with van der Waals surface area (Å²) in [7, 11) is 0. The summed E-state index contributed by atoms with van der Waals surface area (Å²) in [6, 6.07) is 11.6. The summed E-state index contributed by atoms with van der Waals surface area (Å²) in [6.07, 6.45) is 2.80. The monoisotopic (exact) mass is 265 g/mol. The van der Waals surface area contributed by atoms with Crippen molar-refractivity contribution in [1.82, 2.24) is 4.90 Å². The molecule has 15 heavy (non-hydrogen) atoms. The molecule has 1 aliphatic heterocycles. The predicted molar refractivity (Wildman–Crippen MR) is 66.1 cm³/mol. The lowest BCUT2D eigenvalue weighted by atomic mass is 10.1. The third-order valence-electron chi connectivity index (χ3n) is 3.82. The Morgan fingerprint density at radius 3 is 2.60 bits per heavy atom. The molecule has 2 heteroatoms. The van der Waals surface area contributed by atoms with Gasteiger partial charge in [-0.15, -0.1) is 0 Å². The van der Waals surface area contributed by atoms with Crippen LogP contribution in [-0.4, -0.2) is 22.3 Å². The number of piperidine rings is 1. The Morgan fingerprint density at radius 1 is 1.20 bits per heavy atom. The fourth-order valence-electron chi connectivity index (χ4n) is 3.03. The standard InChI is InChI=1S/C13H16BrN/c14-13-11-6-7-12(13)15(9-11)8-10-4-2-1-3-5-10/h1-5,11-13H,6-9H2/t11?,12?,13-/m1/s1. The largest absolute Gasteiger partial charge is 0.295 e. The summed E-state index contributed by atoms with van der Waals surface area (Å²) < 4.78 is 0. The summed E-state index contributed by atoms with van der Waals surface area (Å²) in [6.45, 7) is 2.42. The molecule has 1 saturated carbocycles. The molecule has 0 amide bonds. The van der Waals surface area contributed by atoms with Crippen LogP contribution in [0.4, 0.5) is 0 Å². The van der Waals surface area contributed by atoms with E-state index in [0.29, 0.717) is 0 Å². The predicted octanol–water partition coefficient (Wildman–Crippen LogP) is 3.04. The molecule has 1 aromatic carbocycles. The molecule has 1 saturated heterocycles. The average molecular weight is 266 g/mol. The van der Waals surface area contributed by atoms with Crippen molar-refractivity contribution < 1.29 is 0 Å². The number of rotatable bonds is 2. The Balaban J connectivity index is 1.71. The Labute approximate surface area is 99.6 Å². The quantitative estimate of drug-likeness (QED) is 0.744. The van der Waals surface area contributed by atoms with E-state index in [2.05, 4.69) is 51.2 Å². The van der Waals surface area contributed by atoms with Crippen molar-refractivity contribution in [1.29, 1.82) is 0 Å². The van der Waals surface area contributed by atoms with Crippen LogP contribution in [0, 0.1) is 5.92 Å². The molecule has 1 nitrogen and oxygen atoms in total. The van der Waals surface area contributed by atoms with E-state index in [4.69, 9.17) is 0 Å². The zero-order chi connectivity index (χ0) is 10.3. The van der Waals surface area contributed by atoms with Gasteiger partial charge in [-0.05, 0) is 24.3 Å². The van der Waals surface area contributed by atoms with E-state index in [0.717, 1.165) is 23.3 Å². The van der Waals surface area contributed by atoms with Crippen LogP contribution in [0.25, 0.3) is 0 Å². The first-order chi connectivity index (χ1) is 7.34. The van der Waals surface area contributed by atoms with Gasteiger partial charge in [0, 0.05) is 24.0 Å². The summed E-state index contributed by atoms with van der Waals surface area (Å²) in [5.74, 6) is 0.902. The van der Waals surface area contributed by atoms with Crippen LogP contribution >= 0.6 is 15.9 Å². The Morgan fingerprint density at radius 2 is 2.00 bits per heavy atom. The van der Waals surface area contributed by atoms with Crippen LogP contribution in [-0.2, 0) is 6.54 Å². The Kier molecular flexibility index (Phi) is 2.57. The lowest BCUT2D eigenvalue weighted by molar-refractivity contribution is 0.206. The molecule has 3 rings (SSSR count). The number of likely N-dealkylation sites (tertiary alicyclic amines) is 1. The van der Waals surface area contributed by atoms with Gasteiger partial charge in [-0.2, -0.15) is 0 Å². The third kappa shape index (κ3) is 1.74. The van der Waals surface area contributed by atoms with Crippen LogP contribution in [0.2, 0.25) is 0 Å². The summed E-state index contributed by atoms with van der Waals surface area (Å²) in [4.78, 5) is 3.39. The highest BCUT2D eigenvalue weighted by atomic mass is 79.9. The van der Waals surface area contributed by atoms with E-state index >= 15 is 0 Å². The van der Waals surface area contributed by atoms with E-state index in [9.17, 15) is 0 Å². The number of fused-ring (bicyclic) bond motifs is 2. The van der Waals surface area contributed by atoms with Gasteiger partial charge in [-0.25, -0.2) is 0 Å². The number of halogens is 1. The van der Waals surface area contributed by atoms with E-state index < -0.39 is 0 Å². The molecule has 80 valence electrons. The molecule has 0 radical (unpaired) electrons. The number of benzene rings is 1. The maximum Gasteiger partial charge on any atom is 0.0342 e. The van der Waals surface area contributed by atoms with Gasteiger partial charge in [0.2, 0.25) is 0 Å². The van der Waals surface area contributed by atoms with Crippen LogP contribution < -0.4 is 0 Å². The maximum absolute atomic E-state index is 3.84. The first-order valence-electron chi connectivity index (χ1n) is 5.76. The van der Waals surface area contributed by atoms with E-state index in [-0.39, 0.29) is 0 Å². The smallest absolute Gasteiger partial charge is 0.0342 e. The van der Waals surface area contributed by atoms with Gasteiger partial charge in [0.15, 0.2) is 0 Å². The maximum atomic E-state index is 3.84. The van der Waals surface area contributed by atoms with Gasteiger partial charge in [0.05, 0.1) is 0 Å². The minimum atomic E-state index is 0.751. The number of hydrogen-bond acceptors (Lipinski definition) is 1. The molecule has 2 unspecified atom stereocenters. The molecule has 2 aliphatic rings. The van der Waals surface area contributed by atoms with Gasteiger partial charge in [-0.1, -0.05) is 46.3 Å². The number of alkyl halides is 1. The molecule has 1 aliphatic carbocycles. The molecule has 2 fully saturated rings. The Bertz CT molecular complexity index is 338. The summed E-state index contributed by atoms with van der Waals surface area (Å²) in [5.41, 5.74) is 1.45. The minimum Gasteiger partial charge on any atom is -0.295 e. The zero-order valence-electron chi connectivity index (χ0n) is 8.77. The second-order valence-corrected chi connectivity index (χ2v) is 5.82. The van der Waals surface area contributed by atoms with Crippen molar-refractivity contribution in [3.05, 3.63) is 35.9 Å². The van der Waals surface area contributed by atoms with Crippen molar-refractivity contribution >= 4 is 15.9 Å². The summed E-state index contributed by atoms with van der Waals surface area (Å²) in [5, 5.41) is 0. The second-order valence-electron chi connectivity index (χ2n) is 4.76. The van der Waals surface area contributed by atoms with E-state index in [1.165, 1.54) is 24.9 Å². The van der Waals surface area contributed by atoms with Gasteiger partial charge in [0.1, 0.15) is 0 Å². The highest BCUT2D eigenvalue weighted by Gasteiger charge is 2.44.